The fraction of sp³-hybridized carbons (Fsp3) is 0.321. The minimum Gasteiger partial charge on any atom is -0.438 e. The molecule has 3 aromatic carbocycles. The molecule has 0 spiro atoms. The van der Waals surface area contributed by atoms with Crippen molar-refractivity contribution in [3.05, 3.63) is 95.3 Å². The van der Waals surface area contributed by atoms with Gasteiger partial charge in [0.1, 0.15) is 23.1 Å². The van der Waals surface area contributed by atoms with Gasteiger partial charge < -0.3 is 14.7 Å². The van der Waals surface area contributed by atoms with E-state index in [1.165, 1.54) is 24.3 Å². The van der Waals surface area contributed by atoms with Crippen LogP contribution in [-0.2, 0) is 10.3 Å². The lowest BCUT2D eigenvalue weighted by molar-refractivity contribution is -0.101. The maximum Gasteiger partial charge on any atom is 0.411 e. The fourth-order valence-electron chi connectivity index (χ4n) is 4.75. The molecule has 0 bridgehead atoms. The Morgan fingerprint density at radius 1 is 1.00 bits per heavy atom. The number of rotatable bonds is 6. The van der Waals surface area contributed by atoms with Gasteiger partial charge in [0.05, 0.1) is 11.6 Å². The van der Waals surface area contributed by atoms with Gasteiger partial charge in [-0.05, 0) is 61.7 Å². The maximum absolute atomic E-state index is 14.1. The SMILES string of the molecule is CC(c1ccc(-c2ccc(F)cc2F)cc1)N1CCC(CC(C)(C)O)(c2ccc(F)cc2)OC1=O. The van der Waals surface area contributed by atoms with Crippen LogP contribution in [0.15, 0.2) is 66.7 Å². The predicted molar refractivity (Wildman–Crippen MR) is 127 cm³/mol. The molecule has 4 nitrogen and oxygen atoms in total. The standard InChI is InChI=1S/C28H28F3NO3/c1-18(19-4-6-20(7-5-19)24-13-12-23(30)16-25(24)31)32-15-14-28(35-26(32)33,17-27(2,3)34)21-8-10-22(29)11-9-21/h4-13,16,18,34H,14-15,17H2,1-3H3. The molecule has 1 aliphatic heterocycles. The molecule has 1 aliphatic rings. The fourth-order valence-corrected chi connectivity index (χ4v) is 4.75. The highest BCUT2D eigenvalue weighted by Gasteiger charge is 2.46. The molecule has 0 radical (unpaired) electrons. The van der Waals surface area contributed by atoms with Crippen LogP contribution in [0.25, 0.3) is 11.1 Å². The molecule has 3 aromatic rings. The van der Waals surface area contributed by atoms with Gasteiger partial charge in [0.15, 0.2) is 0 Å². The number of hydrogen-bond donors (Lipinski definition) is 1. The van der Waals surface area contributed by atoms with Gasteiger partial charge in [-0.3, -0.25) is 0 Å². The maximum atomic E-state index is 14.1. The Bertz CT molecular complexity index is 1210. The van der Waals surface area contributed by atoms with Crippen molar-refractivity contribution in [2.24, 2.45) is 0 Å². The average Bonchev–Trinajstić information content (AvgIpc) is 2.78. The molecule has 1 amide bonds. The van der Waals surface area contributed by atoms with E-state index in [9.17, 15) is 23.1 Å². The molecule has 2 atom stereocenters. The van der Waals surface area contributed by atoms with Crippen LogP contribution in [-0.4, -0.2) is 28.2 Å². The number of nitrogens with zero attached hydrogens (tertiary/aromatic N) is 1. The molecule has 1 N–H and O–H groups in total. The lowest BCUT2D eigenvalue weighted by Crippen LogP contribution is -2.51. The summed E-state index contributed by atoms with van der Waals surface area (Å²) < 4.78 is 46.9. The summed E-state index contributed by atoms with van der Waals surface area (Å²) in [6.45, 7) is 5.52. The van der Waals surface area contributed by atoms with Gasteiger partial charge in [-0.25, -0.2) is 18.0 Å². The Morgan fingerprint density at radius 2 is 1.63 bits per heavy atom. The molecule has 2 unspecified atom stereocenters. The number of benzene rings is 3. The Labute approximate surface area is 203 Å². The van der Waals surface area contributed by atoms with E-state index in [-0.39, 0.29) is 12.5 Å². The number of carbonyl (C=O) groups excluding carboxylic acids is 1. The molecule has 0 aromatic heterocycles. The summed E-state index contributed by atoms with van der Waals surface area (Å²) in [7, 11) is 0. The third kappa shape index (κ3) is 5.35. The first-order valence-electron chi connectivity index (χ1n) is 11.5. The van der Waals surface area contributed by atoms with E-state index in [1.807, 2.05) is 6.92 Å². The largest absolute Gasteiger partial charge is 0.438 e. The number of ether oxygens (including phenoxy) is 1. The van der Waals surface area contributed by atoms with E-state index in [4.69, 9.17) is 4.74 Å². The molecule has 1 heterocycles. The highest BCUT2D eigenvalue weighted by atomic mass is 19.1. The van der Waals surface area contributed by atoms with Crippen LogP contribution < -0.4 is 0 Å². The minimum atomic E-state index is -1.12. The molecule has 1 saturated heterocycles. The Hall–Kier alpha value is -3.32. The lowest BCUT2D eigenvalue weighted by atomic mass is 9.80. The summed E-state index contributed by atoms with van der Waals surface area (Å²) in [5.41, 5.74) is 0.146. The first-order chi connectivity index (χ1) is 16.5. The van der Waals surface area contributed by atoms with Crippen molar-refractivity contribution in [2.75, 3.05) is 6.54 Å². The normalized spacial score (nSPS) is 19.4. The van der Waals surface area contributed by atoms with Gasteiger partial charge in [0.2, 0.25) is 0 Å². The van der Waals surface area contributed by atoms with Crippen LogP contribution in [0.3, 0.4) is 0 Å². The van der Waals surface area contributed by atoms with Crippen molar-refractivity contribution >= 4 is 6.09 Å². The van der Waals surface area contributed by atoms with E-state index in [0.717, 1.165) is 11.6 Å². The zero-order chi connectivity index (χ0) is 25.4. The van der Waals surface area contributed by atoms with Gasteiger partial charge in [0.25, 0.3) is 0 Å². The van der Waals surface area contributed by atoms with E-state index in [0.29, 0.717) is 29.7 Å². The van der Waals surface area contributed by atoms with Crippen LogP contribution in [0.5, 0.6) is 0 Å². The van der Waals surface area contributed by atoms with Crippen molar-refractivity contribution < 1.29 is 27.8 Å². The topological polar surface area (TPSA) is 49.8 Å². The Balaban J connectivity index is 1.55. The second-order valence-electron chi connectivity index (χ2n) is 9.72. The third-order valence-electron chi connectivity index (χ3n) is 6.46. The number of hydrogen-bond acceptors (Lipinski definition) is 3. The van der Waals surface area contributed by atoms with E-state index in [1.54, 1.807) is 55.1 Å². The number of cyclic esters (lactones) is 1. The van der Waals surface area contributed by atoms with Crippen molar-refractivity contribution in [1.29, 1.82) is 0 Å². The van der Waals surface area contributed by atoms with E-state index < -0.39 is 34.7 Å². The molecule has 7 heteroatoms. The van der Waals surface area contributed by atoms with Crippen LogP contribution >= 0.6 is 0 Å². The molecule has 35 heavy (non-hydrogen) atoms. The number of halogens is 3. The summed E-state index contributed by atoms with van der Waals surface area (Å²) in [5, 5.41) is 10.5. The smallest absolute Gasteiger partial charge is 0.411 e. The molecular formula is C28H28F3NO3. The molecule has 1 fully saturated rings. The average molecular weight is 484 g/mol. The quantitative estimate of drug-likeness (QED) is 0.423. The van der Waals surface area contributed by atoms with Gasteiger partial charge in [-0.15, -0.1) is 0 Å². The van der Waals surface area contributed by atoms with Crippen molar-refractivity contribution in [3.63, 3.8) is 0 Å². The van der Waals surface area contributed by atoms with Crippen LogP contribution in [0, 0.1) is 17.5 Å². The first-order valence-corrected chi connectivity index (χ1v) is 11.5. The number of carbonyl (C=O) groups is 1. The third-order valence-corrected chi connectivity index (χ3v) is 6.46. The molecule has 0 aliphatic carbocycles. The highest BCUT2D eigenvalue weighted by molar-refractivity contribution is 5.70. The summed E-state index contributed by atoms with van der Waals surface area (Å²) >= 11 is 0. The molecule has 4 rings (SSSR count). The summed E-state index contributed by atoms with van der Waals surface area (Å²) in [6.07, 6.45) is 0.0423. The number of amides is 1. The van der Waals surface area contributed by atoms with Crippen molar-refractivity contribution in [2.45, 2.75) is 50.9 Å². The van der Waals surface area contributed by atoms with Crippen molar-refractivity contribution in [3.8, 4) is 11.1 Å². The Kier molecular flexibility index (Phi) is 6.64. The lowest BCUT2D eigenvalue weighted by Gasteiger charge is -2.45. The molecule has 0 saturated carbocycles. The van der Waals surface area contributed by atoms with E-state index in [2.05, 4.69) is 0 Å². The summed E-state index contributed by atoms with van der Waals surface area (Å²) in [4.78, 5) is 14.8. The van der Waals surface area contributed by atoms with Gasteiger partial charge in [0, 0.05) is 31.0 Å². The Morgan fingerprint density at radius 3 is 2.20 bits per heavy atom. The molecule has 184 valence electrons. The van der Waals surface area contributed by atoms with E-state index >= 15 is 0 Å². The van der Waals surface area contributed by atoms with Crippen LogP contribution in [0.4, 0.5) is 18.0 Å². The minimum absolute atomic E-state index is 0.164. The second-order valence-corrected chi connectivity index (χ2v) is 9.72. The predicted octanol–water partition coefficient (Wildman–Crippen LogP) is 6.73. The monoisotopic (exact) mass is 483 g/mol. The summed E-state index contributed by atoms with van der Waals surface area (Å²) in [5.74, 6) is -1.68. The van der Waals surface area contributed by atoms with Crippen molar-refractivity contribution in [1.82, 2.24) is 4.90 Å². The zero-order valence-corrected chi connectivity index (χ0v) is 19.9. The number of aliphatic hydroxyl groups is 1. The van der Waals surface area contributed by atoms with Gasteiger partial charge in [-0.1, -0.05) is 36.4 Å². The summed E-state index contributed by atoms with van der Waals surface area (Å²) in [6, 6.07) is 16.0. The van der Waals surface area contributed by atoms with Gasteiger partial charge in [-0.2, -0.15) is 0 Å². The highest BCUT2D eigenvalue weighted by Crippen LogP contribution is 2.42. The second kappa shape index (κ2) is 9.38. The van der Waals surface area contributed by atoms with Crippen LogP contribution in [0.2, 0.25) is 0 Å². The first kappa shape index (κ1) is 24.8. The van der Waals surface area contributed by atoms with Gasteiger partial charge >= 0.3 is 6.09 Å². The molecular weight excluding hydrogens is 455 g/mol. The zero-order valence-electron chi connectivity index (χ0n) is 19.9. The van der Waals surface area contributed by atoms with Crippen LogP contribution in [0.1, 0.15) is 50.8 Å².